The highest BCUT2D eigenvalue weighted by Gasteiger charge is 2.42. The number of rotatable bonds is 4. The number of carbonyl (C=O) groups is 1. The molecule has 0 aromatic heterocycles. The molecule has 0 amide bonds. The number of ether oxygens (including phenoxy) is 1. The van der Waals surface area contributed by atoms with E-state index in [2.05, 4.69) is 17.3 Å². The van der Waals surface area contributed by atoms with Gasteiger partial charge in [0.1, 0.15) is 5.54 Å². The number of nitrogens with zero attached hydrogens (tertiary/aromatic N) is 1. The monoisotopic (exact) mass is 296 g/mol. The minimum absolute atomic E-state index is 0.0236. The normalized spacial score (nSPS) is 29.6. The second-order valence-corrected chi connectivity index (χ2v) is 6.79. The van der Waals surface area contributed by atoms with Crippen LogP contribution in [0, 0.1) is 0 Å². The average molecular weight is 296 g/mol. The van der Waals surface area contributed by atoms with E-state index in [0.29, 0.717) is 12.6 Å². The van der Waals surface area contributed by atoms with Crippen molar-refractivity contribution in [2.75, 3.05) is 26.7 Å². The van der Waals surface area contributed by atoms with Crippen LogP contribution in [0.3, 0.4) is 0 Å². The Labute approximate surface area is 129 Å². The van der Waals surface area contributed by atoms with Crippen LogP contribution in [0.15, 0.2) is 0 Å². The Morgan fingerprint density at radius 1 is 1.14 bits per heavy atom. The van der Waals surface area contributed by atoms with E-state index in [4.69, 9.17) is 4.74 Å². The molecule has 2 fully saturated rings. The molecule has 0 spiro atoms. The number of carbonyl (C=O) groups excluding carboxylic acids is 1. The number of nitrogens with one attached hydrogen (secondary N) is 1. The van der Waals surface area contributed by atoms with E-state index in [1.165, 1.54) is 38.5 Å². The lowest BCUT2D eigenvalue weighted by molar-refractivity contribution is -0.152. The van der Waals surface area contributed by atoms with Gasteiger partial charge < -0.3 is 9.64 Å². The molecule has 1 saturated heterocycles. The average Bonchev–Trinajstić information content (AvgIpc) is 2.82. The topological polar surface area (TPSA) is 41.6 Å². The molecule has 0 aromatic rings. The smallest absolute Gasteiger partial charge is 0.326 e. The minimum atomic E-state index is -0.449. The Bertz CT molecular complexity index is 327. The molecule has 2 aliphatic rings. The maximum absolute atomic E-state index is 12.6. The molecule has 0 bridgehead atoms. The first-order valence-electron chi connectivity index (χ1n) is 8.80. The van der Waals surface area contributed by atoms with Crippen LogP contribution in [0.4, 0.5) is 0 Å². The lowest BCUT2D eigenvalue weighted by Crippen LogP contribution is -2.57. The molecule has 122 valence electrons. The molecule has 1 atom stereocenters. The van der Waals surface area contributed by atoms with Crippen molar-refractivity contribution in [2.45, 2.75) is 76.3 Å². The Hall–Kier alpha value is -0.610. The van der Waals surface area contributed by atoms with Crippen molar-refractivity contribution in [3.8, 4) is 0 Å². The first-order valence-corrected chi connectivity index (χ1v) is 8.80. The molecule has 4 nitrogen and oxygen atoms in total. The molecule has 0 aromatic carbocycles. The van der Waals surface area contributed by atoms with E-state index in [-0.39, 0.29) is 5.97 Å². The molecule has 1 heterocycles. The summed E-state index contributed by atoms with van der Waals surface area (Å²) in [6.45, 7) is 4.43. The maximum atomic E-state index is 12.6. The molecular formula is C17H32N2O2. The van der Waals surface area contributed by atoms with Gasteiger partial charge in [-0.2, -0.15) is 0 Å². The molecule has 1 aliphatic carbocycles. The third-order valence-electron chi connectivity index (χ3n) is 5.07. The summed E-state index contributed by atoms with van der Waals surface area (Å²) in [6.07, 6.45) is 10.5. The summed E-state index contributed by atoms with van der Waals surface area (Å²) in [7, 11) is 2.15. The van der Waals surface area contributed by atoms with Gasteiger partial charge in [-0.3, -0.25) is 10.1 Å². The van der Waals surface area contributed by atoms with Gasteiger partial charge in [-0.05, 0) is 52.6 Å². The van der Waals surface area contributed by atoms with Crippen molar-refractivity contribution in [3.63, 3.8) is 0 Å². The third-order valence-corrected chi connectivity index (χ3v) is 5.07. The standard InChI is InChI=1S/C17H32N2O2/c1-3-21-16(20)17(11-8-13-19(2)14-12-17)18-15-9-6-4-5-7-10-15/h15,18H,3-14H2,1-2H3. The first kappa shape index (κ1) is 16.8. The molecule has 4 heteroatoms. The van der Waals surface area contributed by atoms with Crippen LogP contribution < -0.4 is 5.32 Å². The van der Waals surface area contributed by atoms with Gasteiger partial charge >= 0.3 is 5.97 Å². The van der Waals surface area contributed by atoms with Crippen LogP contribution in [0.1, 0.15) is 64.7 Å². The van der Waals surface area contributed by atoms with Gasteiger partial charge in [0.2, 0.25) is 0 Å². The zero-order valence-electron chi connectivity index (χ0n) is 13.8. The Balaban J connectivity index is 2.08. The van der Waals surface area contributed by atoms with Crippen LogP contribution in [0.2, 0.25) is 0 Å². The summed E-state index contributed by atoms with van der Waals surface area (Å²) in [6, 6.07) is 0.486. The van der Waals surface area contributed by atoms with Gasteiger partial charge in [0.15, 0.2) is 0 Å². The van der Waals surface area contributed by atoms with Crippen LogP contribution in [-0.4, -0.2) is 49.2 Å². The molecule has 1 N–H and O–H groups in total. The summed E-state index contributed by atoms with van der Waals surface area (Å²) < 4.78 is 5.43. The van der Waals surface area contributed by atoms with Gasteiger partial charge in [-0.25, -0.2) is 0 Å². The SMILES string of the molecule is CCOC(=O)C1(NC2CCCCCC2)CCCN(C)CC1. The van der Waals surface area contributed by atoms with E-state index in [1.54, 1.807) is 0 Å². The summed E-state index contributed by atoms with van der Waals surface area (Å²) in [5.74, 6) is -0.0236. The van der Waals surface area contributed by atoms with Crippen molar-refractivity contribution in [1.82, 2.24) is 10.2 Å². The summed E-state index contributed by atoms with van der Waals surface area (Å²) in [4.78, 5) is 15.0. The largest absolute Gasteiger partial charge is 0.465 e. The van der Waals surface area contributed by atoms with Crippen molar-refractivity contribution < 1.29 is 9.53 Å². The fraction of sp³-hybridized carbons (Fsp3) is 0.941. The van der Waals surface area contributed by atoms with Gasteiger partial charge in [0, 0.05) is 12.6 Å². The number of hydrogen-bond donors (Lipinski definition) is 1. The second kappa shape index (κ2) is 8.14. The second-order valence-electron chi connectivity index (χ2n) is 6.79. The number of hydrogen-bond acceptors (Lipinski definition) is 4. The summed E-state index contributed by atoms with van der Waals surface area (Å²) >= 11 is 0. The van der Waals surface area contributed by atoms with Crippen LogP contribution in [-0.2, 0) is 9.53 Å². The minimum Gasteiger partial charge on any atom is -0.465 e. The molecule has 1 aliphatic heterocycles. The van der Waals surface area contributed by atoms with Crippen molar-refractivity contribution in [3.05, 3.63) is 0 Å². The maximum Gasteiger partial charge on any atom is 0.326 e. The van der Waals surface area contributed by atoms with E-state index in [9.17, 15) is 4.79 Å². The Morgan fingerprint density at radius 2 is 1.86 bits per heavy atom. The molecule has 21 heavy (non-hydrogen) atoms. The van der Waals surface area contributed by atoms with Crippen molar-refractivity contribution in [2.24, 2.45) is 0 Å². The first-order chi connectivity index (χ1) is 10.2. The van der Waals surface area contributed by atoms with Gasteiger partial charge in [-0.1, -0.05) is 25.7 Å². The molecule has 1 unspecified atom stereocenters. The number of likely N-dealkylation sites (tertiary alicyclic amines) is 1. The highest BCUT2D eigenvalue weighted by molar-refractivity contribution is 5.81. The summed E-state index contributed by atoms with van der Waals surface area (Å²) in [5.41, 5.74) is -0.449. The van der Waals surface area contributed by atoms with Crippen molar-refractivity contribution in [1.29, 1.82) is 0 Å². The fourth-order valence-corrected chi connectivity index (χ4v) is 3.76. The fourth-order valence-electron chi connectivity index (χ4n) is 3.76. The predicted molar refractivity (Wildman–Crippen MR) is 85.3 cm³/mol. The Kier molecular flexibility index (Phi) is 6.49. The van der Waals surface area contributed by atoms with E-state index < -0.39 is 5.54 Å². The highest BCUT2D eigenvalue weighted by atomic mass is 16.5. The zero-order chi connectivity index (χ0) is 15.1. The lowest BCUT2D eigenvalue weighted by Gasteiger charge is -2.35. The van der Waals surface area contributed by atoms with Crippen LogP contribution in [0.5, 0.6) is 0 Å². The molecule has 1 saturated carbocycles. The van der Waals surface area contributed by atoms with Crippen molar-refractivity contribution >= 4 is 5.97 Å². The van der Waals surface area contributed by atoms with Gasteiger partial charge in [-0.15, -0.1) is 0 Å². The number of esters is 1. The summed E-state index contributed by atoms with van der Waals surface area (Å²) in [5, 5.41) is 3.76. The van der Waals surface area contributed by atoms with Crippen LogP contribution >= 0.6 is 0 Å². The quantitative estimate of drug-likeness (QED) is 0.640. The van der Waals surface area contributed by atoms with Crippen LogP contribution in [0.25, 0.3) is 0 Å². The molecule has 2 rings (SSSR count). The van der Waals surface area contributed by atoms with E-state index in [1.807, 2.05) is 6.92 Å². The Morgan fingerprint density at radius 3 is 2.52 bits per heavy atom. The van der Waals surface area contributed by atoms with E-state index >= 15 is 0 Å². The van der Waals surface area contributed by atoms with Gasteiger partial charge in [0.05, 0.1) is 6.61 Å². The highest BCUT2D eigenvalue weighted by Crippen LogP contribution is 2.27. The van der Waals surface area contributed by atoms with E-state index in [0.717, 1.165) is 32.4 Å². The third kappa shape index (κ3) is 4.68. The lowest BCUT2D eigenvalue weighted by atomic mass is 9.88. The predicted octanol–water partition coefficient (Wildman–Crippen LogP) is 2.72. The molecule has 0 radical (unpaired) electrons. The zero-order valence-corrected chi connectivity index (χ0v) is 13.8. The molecular weight excluding hydrogens is 264 g/mol. The van der Waals surface area contributed by atoms with Gasteiger partial charge in [0.25, 0.3) is 0 Å².